The van der Waals surface area contributed by atoms with Gasteiger partial charge >= 0.3 is 0 Å². The van der Waals surface area contributed by atoms with Gasteiger partial charge in [-0.2, -0.15) is 11.8 Å². The van der Waals surface area contributed by atoms with Gasteiger partial charge in [0.25, 0.3) is 5.91 Å². The number of nitrogens with zero attached hydrogens (tertiary/aromatic N) is 3. The molecule has 1 amide bonds. The Bertz CT molecular complexity index is 571. The Morgan fingerprint density at radius 1 is 1.45 bits per heavy atom. The SMILES string of the molecule is CSCc1ccc(C(=O)N(C)C(C)c2ccncn2)o1. The van der Waals surface area contributed by atoms with Crippen molar-refractivity contribution in [1.82, 2.24) is 14.9 Å². The van der Waals surface area contributed by atoms with E-state index in [1.165, 1.54) is 6.33 Å². The predicted molar refractivity (Wildman–Crippen MR) is 78.5 cm³/mol. The Kier molecular flexibility index (Phi) is 4.79. The van der Waals surface area contributed by atoms with Gasteiger partial charge in [0.2, 0.25) is 0 Å². The zero-order chi connectivity index (χ0) is 14.5. The molecule has 0 spiro atoms. The Hall–Kier alpha value is -1.82. The third kappa shape index (κ3) is 3.19. The van der Waals surface area contributed by atoms with Crippen LogP contribution in [0.2, 0.25) is 0 Å². The lowest BCUT2D eigenvalue weighted by Gasteiger charge is -2.23. The fraction of sp³-hybridized carbons (Fsp3) is 0.357. The average molecular weight is 291 g/mol. The van der Waals surface area contributed by atoms with Crippen molar-refractivity contribution in [2.75, 3.05) is 13.3 Å². The molecule has 2 rings (SSSR count). The van der Waals surface area contributed by atoms with E-state index in [1.807, 2.05) is 19.2 Å². The summed E-state index contributed by atoms with van der Waals surface area (Å²) in [5.41, 5.74) is 0.798. The molecule has 5 nitrogen and oxygen atoms in total. The molecule has 0 saturated heterocycles. The van der Waals surface area contributed by atoms with Gasteiger partial charge in [0.05, 0.1) is 17.5 Å². The molecule has 1 atom stereocenters. The topological polar surface area (TPSA) is 59.2 Å². The third-order valence-electron chi connectivity index (χ3n) is 3.09. The molecule has 1 unspecified atom stereocenters. The van der Waals surface area contributed by atoms with E-state index in [4.69, 9.17) is 4.42 Å². The molecule has 2 heterocycles. The second-order valence-corrected chi connectivity index (χ2v) is 5.29. The third-order valence-corrected chi connectivity index (χ3v) is 3.67. The Labute approximate surface area is 122 Å². The van der Waals surface area contributed by atoms with Crippen LogP contribution in [-0.2, 0) is 5.75 Å². The van der Waals surface area contributed by atoms with E-state index in [2.05, 4.69) is 9.97 Å². The van der Waals surface area contributed by atoms with Crippen LogP contribution < -0.4 is 0 Å². The zero-order valence-electron chi connectivity index (χ0n) is 11.7. The number of thioether (sulfide) groups is 1. The standard InChI is InChI=1S/C14H17N3O2S/c1-10(12-6-7-15-9-16-12)17(2)14(18)13-5-4-11(19-13)8-20-3/h4-7,9-10H,8H2,1-3H3. The number of hydrogen-bond donors (Lipinski definition) is 0. The number of carbonyl (C=O) groups is 1. The lowest BCUT2D eigenvalue weighted by Crippen LogP contribution is -2.29. The number of furan rings is 1. The van der Waals surface area contributed by atoms with Crippen LogP contribution in [0.25, 0.3) is 0 Å². The van der Waals surface area contributed by atoms with Gasteiger partial charge in [-0.05, 0) is 31.4 Å². The lowest BCUT2D eigenvalue weighted by atomic mass is 10.2. The van der Waals surface area contributed by atoms with Gasteiger partial charge in [-0.1, -0.05) is 0 Å². The van der Waals surface area contributed by atoms with E-state index in [9.17, 15) is 4.79 Å². The minimum atomic E-state index is -0.150. The molecule has 20 heavy (non-hydrogen) atoms. The van der Waals surface area contributed by atoms with E-state index in [0.717, 1.165) is 17.2 Å². The van der Waals surface area contributed by atoms with E-state index < -0.39 is 0 Å². The van der Waals surface area contributed by atoms with Gasteiger partial charge in [0.1, 0.15) is 12.1 Å². The van der Waals surface area contributed by atoms with Crippen LogP contribution in [-0.4, -0.2) is 34.1 Å². The summed E-state index contributed by atoms with van der Waals surface area (Å²) in [5, 5.41) is 0. The fourth-order valence-corrected chi connectivity index (χ4v) is 2.25. The van der Waals surface area contributed by atoms with Crippen molar-refractivity contribution in [3.63, 3.8) is 0 Å². The van der Waals surface area contributed by atoms with Gasteiger partial charge in [0, 0.05) is 13.2 Å². The summed E-state index contributed by atoms with van der Waals surface area (Å²) in [6.07, 6.45) is 5.14. The second-order valence-electron chi connectivity index (χ2n) is 4.43. The molecule has 0 aliphatic heterocycles. The van der Waals surface area contributed by atoms with E-state index in [1.54, 1.807) is 42.0 Å². The van der Waals surface area contributed by atoms with Crippen LogP contribution in [0.1, 0.15) is 35.0 Å². The number of hydrogen-bond acceptors (Lipinski definition) is 5. The molecule has 0 radical (unpaired) electrons. The highest BCUT2D eigenvalue weighted by Gasteiger charge is 2.22. The molecular weight excluding hydrogens is 274 g/mol. The van der Waals surface area contributed by atoms with E-state index in [0.29, 0.717) is 5.76 Å². The molecule has 0 aliphatic carbocycles. The van der Waals surface area contributed by atoms with Gasteiger partial charge in [-0.25, -0.2) is 9.97 Å². The monoisotopic (exact) mass is 291 g/mol. The highest BCUT2D eigenvalue weighted by atomic mass is 32.2. The molecule has 106 valence electrons. The minimum Gasteiger partial charge on any atom is -0.455 e. The first-order valence-corrected chi connectivity index (χ1v) is 7.63. The Balaban J connectivity index is 2.11. The van der Waals surface area contributed by atoms with Gasteiger partial charge in [-0.15, -0.1) is 0 Å². The normalized spacial score (nSPS) is 12.2. The summed E-state index contributed by atoms with van der Waals surface area (Å²) in [6, 6.07) is 5.22. The molecule has 0 bridgehead atoms. The first kappa shape index (κ1) is 14.6. The highest BCUT2D eigenvalue weighted by molar-refractivity contribution is 7.97. The predicted octanol–water partition coefficient (Wildman–Crippen LogP) is 2.77. The fourth-order valence-electron chi connectivity index (χ4n) is 1.81. The summed E-state index contributed by atoms with van der Waals surface area (Å²) < 4.78 is 5.55. The maximum atomic E-state index is 12.4. The largest absolute Gasteiger partial charge is 0.455 e. The summed E-state index contributed by atoms with van der Waals surface area (Å²) in [5.74, 6) is 1.78. The van der Waals surface area contributed by atoms with Gasteiger partial charge < -0.3 is 9.32 Å². The summed E-state index contributed by atoms with van der Waals surface area (Å²) in [4.78, 5) is 22.0. The molecule has 2 aromatic heterocycles. The van der Waals surface area contributed by atoms with Crippen LogP contribution in [0.3, 0.4) is 0 Å². The first-order valence-electron chi connectivity index (χ1n) is 6.24. The lowest BCUT2D eigenvalue weighted by molar-refractivity contribution is 0.0706. The average Bonchev–Trinajstić information content (AvgIpc) is 2.95. The van der Waals surface area contributed by atoms with Crippen molar-refractivity contribution < 1.29 is 9.21 Å². The van der Waals surface area contributed by atoms with Crippen molar-refractivity contribution in [3.05, 3.63) is 47.9 Å². The van der Waals surface area contributed by atoms with Crippen molar-refractivity contribution in [1.29, 1.82) is 0 Å². The molecule has 0 saturated carbocycles. The maximum Gasteiger partial charge on any atom is 0.289 e. The summed E-state index contributed by atoms with van der Waals surface area (Å²) >= 11 is 1.66. The molecule has 2 aromatic rings. The second kappa shape index (κ2) is 6.56. The molecule has 0 aromatic carbocycles. The van der Waals surface area contributed by atoms with Crippen molar-refractivity contribution in [3.8, 4) is 0 Å². The van der Waals surface area contributed by atoms with Crippen molar-refractivity contribution >= 4 is 17.7 Å². The zero-order valence-corrected chi connectivity index (χ0v) is 12.6. The van der Waals surface area contributed by atoms with Gasteiger partial charge in [-0.3, -0.25) is 4.79 Å². The molecule has 6 heteroatoms. The summed E-state index contributed by atoms with van der Waals surface area (Å²) in [7, 11) is 1.74. The van der Waals surface area contributed by atoms with Crippen molar-refractivity contribution in [2.24, 2.45) is 0 Å². The van der Waals surface area contributed by atoms with Crippen molar-refractivity contribution in [2.45, 2.75) is 18.7 Å². The molecule has 0 aliphatic rings. The number of carbonyl (C=O) groups excluding carboxylic acids is 1. The van der Waals surface area contributed by atoms with Crippen LogP contribution in [0.5, 0.6) is 0 Å². The Morgan fingerprint density at radius 2 is 2.25 bits per heavy atom. The summed E-state index contributed by atoms with van der Waals surface area (Å²) in [6.45, 7) is 1.92. The molecule has 0 N–H and O–H groups in total. The first-order chi connectivity index (χ1) is 9.63. The van der Waals surface area contributed by atoms with E-state index in [-0.39, 0.29) is 11.9 Å². The van der Waals surface area contributed by atoms with Gasteiger partial charge in [0.15, 0.2) is 5.76 Å². The van der Waals surface area contributed by atoms with Crippen LogP contribution in [0.4, 0.5) is 0 Å². The number of rotatable bonds is 5. The van der Waals surface area contributed by atoms with Crippen LogP contribution >= 0.6 is 11.8 Å². The smallest absolute Gasteiger partial charge is 0.289 e. The molecule has 0 fully saturated rings. The highest BCUT2D eigenvalue weighted by Crippen LogP contribution is 2.20. The Morgan fingerprint density at radius 3 is 2.90 bits per heavy atom. The maximum absolute atomic E-state index is 12.4. The number of amides is 1. The minimum absolute atomic E-state index is 0.139. The van der Waals surface area contributed by atoms with Crippen LogP contribution in [0.15, 0.2) is 35.1 Å². The number of aromatic nitrogens is 2. The van der Waals surface area contributed by atoms with E-state index >= 15 is 0 Å². The quantitative estimate of drug-likeness (QED) is 0.847. The van der Waals surface area contributed by atoms with Crippen LogP contribution in [0, 0.1) is 0 Å². The molecular formula is C14H17N3O2S.